The lowest BCUT2D eigenvalue weighted by Gasteiger charge is -2.08. The lowest BCUT2D eigenvalue weighted by Crippen LogP contribution is -2.16. The van der Waals surface area contributed by atoms with Crippen molar-refractivity contribution in [3.63, 3.8) is 0 Å². The minimum atomic E-state index is 0.379. The van der Waals surface area contributed by atoms with Gasteiger partial charge in [-0.1, -0.05) is 18.2 Å². The summed E-state index contributed by atoms with van der Waals surface area (Å²) < 4.78 is 3.78. The number of imidazole rings is 1. The third-order valence-corrected chi connectivity index (χ3v) is 3.91. The van der Waals surface area contributed by atoms with Crippen LogP contribution in [0.25, 0.3) is 22.6 Å². The van der Waals surface area contributed by atoms with Crippen LogP contribution in [0.1, 0.15) is 5.82 Å². The molecule has 0 aliphatic carbocycles. The van der Waals surface area contributed by atoms with E-state index in [2.05, 4.69) is 15.2 Å². The molecule has 0 amide bonds. The number of nitrogens with two attached hydrogens (primary N) is 1. The molecule has 3 aromatic heterocycles. The van der Waals surface area contributed by atoms with Gasteiger partial charge in [-0.25, -0.2) is 9.66 Å². The maximum atomic E-state index is 5.92. The van der Waals surface area contributed by atoms with Gasteiger partial charge in [-0.05, 0) is 36.5 Å². The second kappa shape index (κ2) is 5.33. The number of rotatable bonds is 3. The average Bonchev–Trinajstić information content (AvgIpc) is 3.11. The summed E-state index contributed by atoms with van der Waals surface area (Å²) in [5.74, 6) is 7.31. The zero-order valence-corrected chi connectivity index (χ0v) is 12.9. The number of aromatic amines is 1. The maximum Gasteiger partial charge on any atom is 0.214 e. The van der Waals surface area contributed by atoms with Crippen molar-refractivity contribution in [1.82, 2.24) is 29.4 Å². The summed E-state index contributed by atoms with van der Waals surface area (Å²) in [7, 11) is 0. The summed E-state index contributed by atoms with van der Waals surface area (Å²) in [6.45, 7) is 0.441. The minimum Gasteiger partial charge on any atom is -0.335 e. The number of nitrogens with one attached hydrogen (secondary N) is 1. The van der Waals surface area contributed by atoms with E-state index in [1.54, 1.807) is 6.20 Å². The van der Waals surface area contributed by atoms with Crippen LogP contribution in [0, 0.1) is 4.77 Å². The molecule has 8 heteroatoms. The first-order valence-electron chi connectivity index (χ1n) is 7.02. The lowest BCUT2D eigenvalue weighted by atomic mass is 10.3. The molecule has 0 unspecified atom stereocenters. The smallest absolute Gasteiger partial charge is 0.214 e. The molecule has 0 radical (unpaired) electrons. The Balaban J connectivity index is 1.93. The number of fused-ring (bicyclic) bond motifs is 1. The van der Waals surface area contributed by atoms with Crippen molar-refractivity contribution in [2.45, 2.75) is 6.54 Å². The van der Waals surface area contributed by atoms with Crippen molar-refractivity contribution in [3.05, 3.63) is 59.3 Å². The first-order chi connectivity index (χ1) is 11.2. The molecule has 0 atom stereocenters. The summed E-state index contributed by atoms with van der Waals surface area (Å²) in [6.07, 6.45) is 1.75. The Labute approximate surface area is 136 Å². The van der Waals surface area contributed by atoms with Gasteiger partial charge in [0.15, 0.2) is 11.6 Å². The summed E-state index contributed by atoms with van der Waals surface area (Å²) in [4.78, 5) is 9.11. The molecule has 0 bridgehead atoms. The highest BCUT2D eigenvalue weighted by Gasteiger charge is 2.15. The van der Waals surface area contributed by atoms with Crippen LogP contribution in [0.2, 0.25) is 0 Å². The van der Waals surface area contributed by atoms with Crippen molar-refractivity contribution in [2.75, 3.05) is 5.84 Å². The highest BCUT2D eigenvalue weighted by atomic mass is 32.1. The number of H-pyrrole nitrogens is 1. The van der Waals surface area contributed by atoms with E-state index in [4.69, 9.17) is 23.0 Å². The summed E-state index contributed by atoms with van der Waals surface area (Å²) in [5.41, 5.74) is 2.68. The second-order valence-electron chi connectivity index (χ2n) is 5.04. The number of aromatic nitrogens is 6. The Kier molecular flexibility index (Phi) is 3.16. The van der Waals surface area contributed by atoms with Crippen molar-refractivity contribution in [3.8, 4) is 11.5 Å². The number of pyridine rings is 1. The lowest BCUT2D eigenvalue weighted by molar-refractivity contribution is 0.733. The van der Waals surface area contributed by atoms with Gasteiger partial charge < -0.3 is 10.4 Å². The van der Waals surface area contributed by atoms with Crippen LogP contribution < -0.4 is 5.84 Å². The van der Waals surface area contributed by atoms with E-state index in [0.717, 1.165) is 22.6 Å². The van der Waals surface area contributed by atoms with Crippen LogP contribution in [-0.4, -0.2) is 29.4 Å². The number of hydrogen-bond donors (Lipinski definition) is 2. The Morgan fingerprint density at radius 1 is 1.13 bits per heavy atom. The molecule has 0 aliphatic rings. The number of nitrogens with zero attached hydrogens (tertiary/aromatic N) is 5. The number of benzene rings is 1. The van der Waals surface area contributed by atoms with Crippen LogP contribution in [0.15, 0.2) is 48.7 Å². The van der Waals surface area contributed by atoms with Gasteiger partial charge in [0.1, 0.15) is 5.69 Å². The Morgan fingerprint density at radius 3 is 2.70 bits per heavy atom. The first-order valence-corrected chi connectivity index (χ1v) is 7.43. The van der Waals surface area contributed by atoms with Gasteiger partial charge in [0.25, 0.3) is 0 Å². The van der Waals surface area contributed by atoms with Crippen molar-refractivity contribution in [1.29, 1.82) is 0 Å². The fourth-order valence-corrected chi connectivity index (χ4v) is 2.67. The Hall–Kier alpha value is -3.00. The van der Waals surface area contributed by atoms with E-state index in [9.17, 15) is 0 Å². The molecule has 0 saturated heterocycles. The van der Waals surface area contributed by atoms with E-state index in [-0.39, 0.29) is 0 Å². The number of nitrogen functional groups attached to an aromatic ring is 1. The van der Waals surface area contributed by atoms with Gasteiger partial charge in [-0.3, -0.25) is 10.1 Å². The van der Waals surface area contributed by atoms with Crippen LogP contribution in [0.3, 0.4) is 0 Å². The predicted molar refractivity (Wildman–Crippen MR) is 89.6 cm³/mol. The van der Waals surface area contributed by atoms with E-state index < -0.39 is 0 Å². The average molecular weight is 323 g/mol. The normalized spacial score (nSPS) is 11.1. The molecule has 0 aliphatic heterocycles. The molecule has 114 valence electrons. The molecule has 23 heavy (non-hydrogen) atoms. The fourth-order valence-electron chi connectivity index (χ4n) is 2.52. The molecule has 3 heterocycles. The van der Waals surface area contributed by atoms with Crippen LogP contribution in [0.5, 0.6) is 0 Å². The molecule has 1 aromatic carbocycles. The summed E-state index contributed by atoms with van der Waals surface area (Å²) in [6, 6.07) is 13.7. The van der Waals surface area contributed by atoms with Crippen molar-refractivity contribution < 1.29 is 0 Å². The molecule has 4 rings (SSSR count). The quantitative estimate of drug-likeness (QED) is 0.445. The SMILES string of the molecule is Nn1c(Cn2c(-c3ccccn3)nc3ccccc32)n[nH]c1=S. The molecule has 3 N–H and O–H groups in total. The molecular formula is C15H13N7S. The van der Waals surface area contributed by atoms with E-state index in [0.29, 0.717) is 17.1 Å². The molecule has 4 aromatic rings. The topological polar surface area (TPSA) is 90.3 Å². The Bertz CT molecular complexity index is 1030. The van der Waals surface area contributed by atoms with E-state index in [1.165, 1.54) is 4.68 Å². The number of hydrogen-bond acceptors (Lipinski definition) is 5. The summed E-state index contributed by atoms with van der Waals surface area (Å²) >= 11 is 5.07. The van der Waals surface area contributed by atoms with Crippen LogP contribution in [0.4, 0.5) is 0 Å². The van der Waals surface area contributed by atoms with Gasteiger partial charge >= 0.3 is 0 Å². The third-order valence-electron chi connectivity index (χ3n) is 3.63. The first kappa shape index (κ1) is 13.6. The van der Waals surface area contributed by atoms with Gasteiger partial charge in [-0.15, -0.1) is 0 Å². The largest absolute Gasteiger partial charge is 0.335 e. The number of para-hydroxylation sites is 2. The van der Waals surface area contributed by atoms with Crippen molar-refractivity contribution >= 4 is 23.3 Å². The maximum absolute atomic E-state index is 5.92. The standard InChI is InChI=1S/C15H13N7S/c16-22-13(19-20-15(22)23)9-21-12-7-2-1-5-10(12)18-14(21)11-6-3-4-8-17-11/h1-8H,9,16H2,(H,20,23). The molecule has 0 saturated carbocycles. The van der Waals surface area contributed by atoms with E-state index >= 15 is 0 Å². The highest BCUT2D eigenvalue weighted by molar-refractivity contribution is 7.71. The van der Waals surface area contributed by atoms with Crippen LogP contribution >= 0.6 is 12.2 Å². The van der Waals surface area contributed by atoms with E-state index in [1.807, 2.05) is 47.0 Å². The molecule has 0 fully saturated rings. The molecular weight excluding hydrogens is 310 g/mol. The fraction of sp³-hybridized carbons (Fsp3) is 0.0667. The monoisotopic (exact) mass is 323 g/mol. The highest BCUT2D eigenvalue weighted by Crippen LogP contribution is 2.24. The van der Waals surface area contributed by atoms with Gasteiger partial charge in [0, 0.05) is 6.20 Å². The van der Waals surface area contributed by atoms with Gasteiger partial charge in [0.05, 0.1) is 17.6 Å². The third kappa shape index (κ3) is 2.29. The second-order valence-corrected chi connectivity index (χ2v) is 5.43. The molecule has 7 nitrogen and oxygen atoms in total. The van der Waals surface area contributed by atoms with Crippen LogP contribution in [-0.2, 0) is 6.54 Å². The van der Waals surface area contributed by atoms with Gasteiger partial charge in [0.2, 0.25) is 4.77 Å². The zero-order chi connectivity index (χ0) is 15.8. The van der Waals surface area contributed by atoms with Gasteiger partial charge in [-0.2, -0.15) is 5.10 Å². The summed E-state index contributed by atoms with van der Waals surface area (Å²) in [5, 5.41) is 6.88. The van der Waals surface area contributed by atoms with Crippen molar-refractivity contribution in [2.24, 2.45) is 0 Å². The molecule has 0 spiro atoms. The minimum absolute atomic E-state index is 0.379. The Morgan fingerprint density at radius 2 is 1.96 bits per heavy atom. The predicted octanol–water partition coefficient (Wildman–Crippen LogP) is 2.11. The zero-order valence-electron chi connectivity index (χ0n) is 12.0.